The third-order valence-corrected chi connectivity index (χ3v) is 6.12. The van der Waals surface area contributed by atoms with Crippen LogP contribution in [-0.4, -0.2) is 36.3 Å². The van der Waals surface area contributed by atoms with E-state index < -0.39 is 0 Å². The van der Waals surface area contributed by atoms with Crippen LogP contribution in [0.5, 0.6) is 5.75 Å². The first-order valence-corrected chi connectivity index (χ1v) is 9.50. The van der Waals surface area contributed by atoms with Crippen molar-refractivity contribution in [1.82, 2.24) is 10.2 Å². The Morgan fingerprint density at radius 1 is 1.15 bits per heavy atom. The Bertz CT molecular complexity index is 771. The fourth-order valence-corrected chi connectivity index (χ4v) is 4.76. The zero-order valence-electron chi connectivity index (χ0n) is 15.6. The van der Waals surface area contributed by atoms with Gasteiger partial charge in [0.1, 0.15) is 12.3 Å². The van der Waals surface area contributed by atoms with Crippen molar-refractivity contribution in [1.29, 1.82) is 0 Å². The van der Waals surface area contributed by atoms with Gasteiger partial charge in [0.15, 0.2) is 0 Å². The van der Waals surface area contributed by atoms with Crippen molar-refractivity contribution in [2.75, 3.05) is 13.7 Å². The highest BCUT2D eigenvalue weighted by molar-refractivity contribution is 6.08. The molecular weight excluding hydrogens is 344 g/mol. The standard InChI is InChI=1S/C21H24N2O4/c1-3-16(12-6-8-15(27-2)9-7-12)22-17(24)11-23-20(25)18-13-4-5-14(10-13)19(18)21(23)26/h4-9,13-14,16,18-19H,3,10-11H2,1-2H3,(H,22,24). The van der Waals surface area contributed by atoms with Gasteiger partial charge in [0.05, 0.1) is 25.0 Å². The molecule has 27 heavy (non-hydrogen) atoms. The molecule has 1 heterocycles. The zero-order chi connectivity index (χ0) is 19.1. The SMILES string of the molecule is CCC(NC(=O)CN1C(=O)C2C3C=CC(C3)C2C1=O)c1ccc(OC)cc1. The van der Waals surface area contributed by atoms with E-state index in [0.717, 1.165) is 22.6 Å². The number of ether oxygens (including phenoxy) is 1. The molecule has 1 aliphatic heterocycles. The van der Waals surface area contributed by atoms with Gasteiger partial charge in [-0.15, -0.1) is 0 Å². The van der Waals surface area contributed by atoms with Gasteiger partial charge >= 0.3 is 0 Å². The van der Waals surface area contributed by atoms with Crippen molar-refractivity contribution in [3.63, 3.8) is 0 Å². The van der Waals surface area contributed by atoms with Crippen LogP contribution in [0.4, 0.5) is 0 Å². The summed E-state index contributed by atoms with van der Waals surface area (Å²) in [5.41, 5.74) is 0.963. The number of hydrogen-bond acceptors (Lipinski definition) is 4. The Morgan fingerprint density at radius 2 is 1.74 bits per heavy atom. The first-order chi connectivity index (χ1) is 13.0. The molecule has 6 heteroatoms. The number of carbonyl (C=O) groups excluding carboxylic acids is 3. The number of likely N-dealkylation sites (tertiary alicyclic amines) is 1. The van der Waals surface area contributed by atoms with Crippen LogP contribution in [0.15, 0.2) is 36.4 Å². The van der Waals surface area contributed by atoms with Gasteiger partial charge in [-0.3, -0.25) is 19.3 Å². The largest absolute Gasteiger partial charge is 0.497 e. The van der Waals surface area contributed by atoms with Crippen LogP contribution in [-0.2, 0) is 14.4 Å². The molecule has 1 aromatic rings. The molecule has 1 aromatic carbocycles. The lowest BCUT2D eigenvalue weighted by molar-refractivity contribution is -0.144. The molecule has 3 aliphatic rings. The number of fused-ring (bicyclic) bond motifs is 5. The second-order valence-corrected chi connectivity index (χ2v) is 7.56. The lowest BCUT2D eigenvalue weighted by atomic mass is 9.85. The van der Waals surface area contributed by atoms with E-state index in [2.05, 4.69) is 17.5 Å². The normalized spacial score (nSPS) is 29.2. The summed E-state index contributed by atoms with van der Waals surface area (Å²) in [6.07, 6.45) is 5.70. The minimum absolute atomic E-state index is 0.159. The van der Waals surface area contributed by atoms with E-state index in [-0.39, 0.29) is 54.0 Å². The van der Waals surface area contributed by atoms with E-state index in [0.29, 0.717) is 6.42 Å². The first-order valence-electron chi connectivity index (χ1n) is 9.50. The van der Waals surface area contributed by atoms with Gasteiger partial charge in [-0.2, -0.15) is 0 Å². The fraction of sp³-hybridized carbons (Fsp3) is 0.476. The molecule has 2 aliphatic carbocycles. The van der Waals surface area contributed by atoms with Crippen LogP contribution in [0.25, 0.3) is 0 Å². The highest BCUT2D eigenvalue weighted by Crippen LogP contribution is 2.52. The number of allylic oxidation sites excluding steroid dienone is 2. The number of nitrogens with zero attached hydrogens (tertiary/aromatic N) is 1. The van der Waals surface area contributed by atoms with Gasteiger partial charge in [0.25, 0.3) is 0 Å². The fourth-order valence-electron chi connectivity index (χ4n) is 4.76. The van der Waals surface area contributed by atoms with Crippen molar-refractivity contribution in [3.05, 3.63) is 42.0 Å². The molecule has 1 saturated heterocycles. The Morgan fingerprint density at radius 3 is 2.26 bits per heavy atom. The third-order valence-electron chi connectivity index (χ3n) is 6.12. The van der Waals surface area contributed by atoms with E-state index in [4.69, 9.17) is 4.74 Å². The second-order valence-electron chi connectivity index (χ2n) is 7.56. The summed E-state index contributed by atoms with van der Waals surface area (Å²) in [4.78, 5) is 39.1. The van der Waals surface area contributed by atoms with E-state index in [1.165, 1.54) is 0 Å². The summed E-state index contributed by atoms with van der Waals surface area (Å²) in [5, 5.41) is 2.95. The van der Waals surface area contributed by atoms with Crippen LogP contribution in [0.3, 0.4) is 0 Å². The van der Waals surface area contributed by atoms with Gasteiger partial charge in [0, 0.05) is 0 Å². The van der Waals surface area contributed by atoms with Crippen LogP contribution in [0.1, 0.15) is 31.4 Å². The quantitative estimate of drug-likeness (QED) is 0.616. The molecule has 142 valence electrons. The van der Waals surface area contributed by atoms with Crippen molar-refractivity contribution in [3.8, 4) is 5.75 Å². The maximum atomic E-state index is 12.7. The van der Waals surface area contributed by atoms with E-state index in [9.17, 15) is 14.4 Å². The molecule has 3 amide bonds. The minimum Gasteiger partial charge on any atom is -0.497 e. The number of benzene rings is 1. The lowest BCUT2D eigenvalue weighted by Gasteiger charge is -2.21. The van der Waals surface area contributed by atoms with Gasteiger partial charge in [-0.1, -0.05) is 31.2 Å². The molecule has 4 rings (SSSR count). The molecular formula is C21H24N2O4. The molecule has 1 saturated carbocycles. The zero-order valence-corrected chi connectivity index (χ0v) is 15.6. The van der Waals surface area contributed by atoms with Gasteiger partial charge in [0.2, 0.25) is 17.7 Å². The minimum atomic E-state index is -0.306. The Kier molecular flexibility index (Phi) is 4.50. The summed E-state index contributed by atoms with van der Waals surface area (Å²) >= 11 is 0. The Hall–Kier alpha value is -2.63. The molecule has 2 bridgehead atoms. The predicted octanol–water partition coefficient (Wildman–Crippen LogP) is 2.07. The third kappa shape index (κ3) is 2.93. The van der Waals surface area contributed by atoms with Crippen molar-refractivity contribution >= 4 is 17.7 Å². The molecule has 0 spiro atoms. The number of hydrogen-bond donors (Lipinski definition) is 1. The van der Waals surface area contributed by atoms with Crippen LogP contribution in [0, 0.1) is 23.7 Å². The van der Waals surface area contributed by atoms with Crippen LogP contribution >= 0.6 is 0 Å². The van der Waals surface area contributed by atoms with Crippen molar-refractivity contribution in [2.45, 2.75) is 25.8 Å². The van der Waals surface area contributed by atoms with E-state index in [1.807, 2.05) is 31.2 Å². The Labute approximate surface area is 158 Å². The summed E-state index contributed by atoms with van der Waals surface area (Å²) in [6, 6.07) is 7.34. The van der Waals surface area contributed by atoms with Gasteiger partial charge in [-0.25, -0.2) is 0 Å². The number of rotatable bonds is 6. The van der Waals surface area contributed by atoms with Gasteiger partial charge < -0.3 is 10.1 Å². The second kappa shape index (κ2) is 6.83. The van der Waals surface area contributed by atoms with E-state index >= 15 is 0 Å². The van der Waals surface area contributed by atoms with Crippen molar-refractivity contribution in [2.24, 2.45) is 23.7 Å². The average Bonchev–Trinajstić information content (AvgIpc) is 3.36. The molecule has 1 N–H and O–H groups in total. The summed E-state index contributed by atoms with van der Waals surface area (Å²) < 4.78 is 5.16. The number of methoxy groups -OCH3 is 1. The number of imide groups is 1. The maximum absolute atomic E-state index is 12.7. The monoisotopic (exact) mass is 368 g/mol. The number of amides is 3. The summed E-state index contributed by atoms with van der Waals surface area (Å²) in [7, 11) is 1.61. The smallest absolute Gasteiger partial charge is 0.240 e. The summed E-state index contributed by atoms with van der Waals surface area (Å²) in [6.45, 7) is 1.78. The average molecular weight is 368 g/mol. The van der Waals surface area contributed by atoms with Crippen molar-refractivity contribution < 1.29 is 19.1 Å². The maximum Gasteiger partial charge on any atom is 0.240 e. The molecule has 6 nitrogen and oxygen atoms in total. The number of carbonyl (C=O) groups is 3. The van der Waals surface area contributed by atoms with Crippen LogP contribution < -0.4 is 10.1 Å². The summed E-state index contributed by atoms with van der Waals surface area (Å²) in [5.74, 6) is -0.126. The van der Waals surface area contributed by atoms with Gasteiger partial charge in [-0.05, 0) is 42.4 Å². The highest BCUT2D eigenvalue weighted by Gasteiger charge is 2.59. The highest BCUT2D eigenvalue weighted by atomic mass is 16.5. The molecule has 5 unspecified atom stereocenters. The molecule has 0 aromatic heterocycles. The molecule has 2 fully saturated rings. The van der Waals surface area contributed by atoms with Crippen LogP contribution in [0.2, 0.25) is 0 Å². The molecule has 0 radical (unpaired) electrons. The lowest BCUT2D eigenvalue weighted by Crippen LogP contribution is -2.42. The molecule has 5 atom stereocenters. The first kappa shape index (κ1) is 17.8. The number of nitrogens with one attached hydrogen (secondary N) is 1. The van der Waals surface area contributed by atoms with E-state index in [1.54, 1.807) is 7.11 Å². The predicted molar refractivity (Wildman–Crippen MR) is 98.6 cm³/mol. The Balaban J connectivity index is 1.41. The topological polar surface area (TPSA) is 75.7 Å².